The average molecular weight is 431 g/mol. The predicted molar refractivity (Wildman–Crippen MR) is 117 cm³/mol. The SMILES string of the molecule is CN(c1nc(C(=O)Cc2cnoc2)c(O)c(=O)n1C)C(c1ccccc1)c1ccccn1. The highest BCUT2D eigenvalue weighted by atomic mass is 16.5. The Morgan fingerprint density at radius 2 is 1.94 bits per heavy atom. The first-order valence-corrected chi connectivity index (χ1v) is 9.87. The summed E-state index contributed by atoms with van der Waals surface area (Å²) >= 11 is 0. The molecule has 0 bridgehead atoms. The van der Waals surface area contributed by atoms with Gasteiger partial charge in [-0.2, -0.15) is 0 Å². The molecule has 0 aliphatic rings. The summed E-state index contributed by atoms with van der Waals surface area (Å²) in [6.07, 6.45) is 4.31. The molecule has 0 radical (unpaired) electrons. The number of rotatable bonds is 7. The quantitative estimate of drug-likeness (QED) is 0.444. The Morgan fingerprint density at radius 3 is 2.59 bits per heavy atom. The first kappa shape index (κ1) is 21.0. The first-order chi connectivity index (χ1) is 15.5. The van der Waals surface area contributed by atoms with Crippen LogP contribution in [0, 0.1) is 0 Å². The van der Waals surface area contributed by atoms with Crippen molar-refractivity contribution < 1.29 is 14.4 Å². The molecule has 1 aromatic carbocycles. The Kier molecular flexibility index (Phi) is 5.80. The van der Waals surface area contributed by atoms with Gasteiger partial charge in [0.2, 0.25) is 11.7 Å². The van der Waals surface area contributed by atoms with Crippen LogP contribution in [0.3, 0.4) is 0 Å². The highest BCUT2D eigenvalue weighted by molar-refractivity contribution is 5.98. The van der Waals surface area contributed by atoms with E-state index in [0.717, 1.165) is 11.3 Å². The van der Waals surface area contributed by atoms with Gasteiger partial charge in [0.1, 0.15) is 6.26 Å². The molecule has 0 aliphatic carbocycles. The van der Waals surface area contributed by atoms with Crippen molar-refractivity contribution in [3.05, 3.63) is 100 Å². The molecule has 9 heteroatoms. The van der Waals surface area contributed by atoms with Crippen LogP contribution in [0.2, 0.25) is 0 Å². The van der Waals surface area contributed by atoms with Crippen molar-refractivity contribution in [3.8, 4) is 5.75 Å². The largest absolute Gasteiger partial charge is 0.501 e. The van der Waals surface area contributed by atoms with E-state index in [-0.39, 0.29) is 24.1 Å². The highest BCUT2D eigenvalue weighted by Crippen LogP contribution is 2.30. The Morgan fingerprint density at radius 1 is 1.19 bits per heavy atom. The Labute approximate surface area is 183 Å². The van der Waals surface area contributed by atoms with Gasteiger partial charge in [-0.05, 0) is 17.7 Å². The lowest BCUT2D eigenvalue weighted by molar-refractivity contribution is 0.0984. The number of carbonyl (C=O) groups is 1. The summed E-state index contributed by atoms with van der Waals surface area (Å²) in [5.41, 5.74) is 1.16. The van der Waals surface area contributed by atoms with Crippen molar-refractivity contribution in [3.63, 3.8) is 0 Å². The zero-order valence-corrected chi connectivity index (χ0v) is 17.5. The molecule has 1 atom stereocenters. The van der Waals surface area contributed by atoms with Crippen LogP contribution in [0.1, 0.15) is 33.4 Å². The van der Waals surface area contributed by atoms with Crippen LogP contribution < -0.4 is 10.5 Å². The molecule has 0 spiro atoms. The molecular weight excluding hydrogens is 410 g/mol. The molecule has 32 heavy (non-hydrogen) atoms. The second-order valence-corrected chi connectivity index (χ2v) is 7.28. The van der Waals surface area contributed by atoms with Crippen LogP contribution in [0.25, 0.3) is 0 Å². The number of aromatic hydroxyl groups is 1. The summed E-state index contributed by atoms with van der Waals surface area (Å²) in [4.78, 5) is 36.2. The lowest BCUT2D eigenvalue weighted by Crippen LogP contribution is -2.34. The Bertz CT molecular complexity index is 1230. The number of benzene rings is 1. The van der Waals surface area contributed by atoms with E-state index in [0.29, 0.717) is 5.56 Å². The maximum absolute atomic E-state index is 12.8. The molecule has 0 saturated heterocycles. The van der Waals surface area contributed by atoms with Crippen molar-refractivity contribution >= 4 is 11.7 Å². The third kappa shape index (κ3) is 4.00. The molecule has 4 rings (SSSR count). The van der Waals surface area contributed by atoms with E-state index >= 15 is 0 Å². The van der Waals surface area contributed by atoms with E-state index in [4.69, 9.17) is 4.52 Å². The van der Waals surface area contributed by atoms with E-state index in [2.05, 4.69) is 15.1 Å². The van der Waals surface area contributed by atoms with Gasteiger partial charge in [0.25, 0.3) is 5.56 Å². The van der Waals surface area contributed by atoms with Gasteiger partial charge in [-0.3, -0.25) is 19.1 Å². The van der Waals surface area contributed by atoms with E-state index in [1.54, 1.807) is 18.1 Å². The molecule has 3 aromatic heterocycles. The number of hydrogen-bond donors (Lipinski definition) is 1. The smallest absolute Gasteiger partial charge is 0.297 e. The molecule has 0 amide bonds. The van der Waals surface area contributed by atoms with Crippen molar-refractivity contribution in [2.24, 2.45) is 7.05 Å². The summed E-state index contributed by atoms with van der Waals surface area (Å²) in [5.74, 6) is -1.01. The summed E-state index contributed by atoms with van der Waals surface area (Å²) in [7, 11) is 3.26. The zero-order valence-electron chi connectivity index (χ0n) is 17.5. The number of pyridine rings is 1. The molecule has 1 unspecified atom stereocenters. The molecule has 1 N–H and O–H groups in total. The minimum Gasteiger partial charge on any atom is -0.501 e. The van der Waals surface area contributed by atoms with Crippen LogP contribution in [0.4, 0.5) is 5.95 Å². The normalized spacial score (nSPS) is 11.8. The number of hydrogen-bond acceptors (Lipinski definition) is 8. The summed E-state index contributed by atoms with van der Waals surface area (Å²) < 4.78 is 5.96. The van der Waals surface area contributed by atoms with E-state index < -0.39 is 17.1 Å². The Hall–Kier alpha value is -4.27. The van der Waals surface area contributed by atoms with E-state index in [1.165, 1.54) is 24.1 Å². The summed E-state index contributed by atoms with van der Waals surface area (Å²) in [6, 6.07) is 14.8. The lowest BCUT2D eigenvalue weighted by Gasteiger charge is -2.30. The monoisotopic (exact) mass is 431 g/mol. The minimum atomic E-state index is -0.719. The number of aromatic nitrogens is 4. The molecule has 0 aliphatic heterocycles. The van der Waals surface area contributed by atoms with Crippen molar-refractivity contribution in [2.75, 3.05) is 11.9 Å². The van der Waals surface area contributed by atoms with Gasteiger partial charge < -0.3 is 14.5 Å². The predicted octanol–water partition coefficient (Wildman–Crippen LogP) is 2.52. The van der Waals surface area contributed by atoms with E-state index in [9.17, 15) is 14.7 Å². The molecule has 4 aromatic rings. The fourth-order valence-electron chi connectivity index (χ4n) is 3.55. The fraction of sp³-hybridized carbons (Fsp3) is 0.174. The Balaban J connectivity index is 1.81. The van der Waals surface area contributed by atoms with Gasteiger partial charge in [-0.1, -0.05) is 41.6 Å². The maximum atomic E-state index is 12.8. The molecular formula is C23H21N5O4. The lowest BCUT2D eigenvalue weighted by atomic mass is 10.0. The molecule has 9 nitrogen and oxygen atoms in total. The number of ketones is 1. The van der Waals surface area contributed by atoms with Gasteiger partial charge >= 0.3 is 0 Å². The summed E-state index contributed by atoms with van der Waals surface area (Å²) in [6.45, 7) is 0. The van der Waals surface area contributed by atoms with Gasteiger partial charge in [-0.25, -0.2) is 4.98 Å². The third-order valence-electron chi connectivity index (χ3n) is 5.14. The summed E-state index contributed by atoms with van der Waals surface area (Å²) in [5, 5.41) is 13.9. The molecule has 3 heterocycles. The number of anilines is 1. The second-order valence-electron chi connectivity index (χ2n) is 7.28. The molecule has 0 fully saturated rings. The second kappa shape index (κ2) is 8.84. The van der Waals surface area contributed by atoms with Gasteiger partial charge in [0, 0.05) is 32.3 Å². The number of Topliss-reactive ketones (excluding diaryl/α,β-unsaturated/α-hetero) is 1. The highest BCUT2D eigenvalue weighted by Gasteiger charge is 2.27. The minimum absolute atomic E-state index is 0.108. The van der Waals surface area contributed by atoms with Crippen LogP contribution in [-0.4, -0.2) is 37.6 Å². The van der Waals surface area contributed by atoms with E-state index in [1.807, 2.05) is 48.5 Å². The van der Waals surface area contributed by atoms with Crippen molar-refractivity contribution in [2.45, 2.75) is 12.5 Å². The number of carbonyl (C=O) groups excluding carboxylic acids is 1. The third-order valence-corrected chi connectivity index (χ3v) is 5.14. The van der Waals surface area contributed by atoms with Crippen molar-refractivity contribution in [1.29, 1.82) is 0 Å². The van der Waals surface area contributed by atoms with Crippen LogP contribution >= 0.6 is 0 Å². The fourth-order valence-corrected chi connectivity index (χ4v) is 3.55. The van der Waals surface area contributed by atoms with Crippen LogP contribution in [-0.2, 0) is 13.5 Å². The van der Waals surface area contributed by atoms with Crippen molar-refractivity contribution in [1.82, 2.24) is 19.7 Å². The first-order valence-electron chi connectivity index (χ1n) is 9.87. The molecule has 0 saturated carbocycles. The maximum Gasteiger partial charge on any atom is 0.297 e. The van der Waals surface area contributed by atoms with Gasteiger partial charge in [0.05, 0.1) is 17.9 Å². The number of nitrogens with zero attached hydrogens (tertiary/aromatic N) is 5. The van der Waals surface area contributed by atoms with Crippen LogP contribution in [0.5, 0.6) is 5.75 Å². The average Bonchev–Trinajstić information content (AvgIpc) is 3.32. The topological polar surface area (TPSA) is 114 Å². The molecule has 162 valence electrons. The standard InChI is InChI=1S/C23H21N5O4/c1-27(20(16-8-4-3-5-9-16)17-10-6-7-11-24-17)23-26-19(21(30)22(31)28(23)2)18(29)12-15-13-25-32-14-15/h3-11,13-14,20,30H,12H2,1-2H3. The zero-order chi connectivity index (χ0) is 22.7. The van der Waals surface area contributed by atoms with Gasteiger partial charge in [0.15, 0.2) is 11.5 Å². The van der Waals surface area contributed by atoms with Gasteiger partial charge in [-0.15, -0.1) is 0 Å². The van der Waals surface area contributed by atoms with Crippen LogP contribution in [0.15, 0.2) is 76.5 Å².